The van der Waals surface area contributed by atoms with Gasteiger partial charge in [-0.2, -0.15) is 10.2 Å². The van der Waals surface area contributed by atoms with Gasteiger partial charge < -0.3 is 0 Å². The summed E-state index contributed by atoms with van der Waals surface area (Å²) in [6.07, 6.45) is 9.90. The molecule has 4 bridgehead atoms. The van der Waals surface area contributed by atoms with Gasteiger partial charge in [0.05, 0.1) is 0 Å². The van der Waals surface area contributed by atoms with Crippen molar-refractivity contribution < 1.29 is 9.59 Å². The Morgan fingerprint density at radius 2 is 1.25 bits per heavy atom. The summed E-state index contributed by atoms with van der Waals surface area (Å²) in [4.78, 5) is 23.7. The van der Waals surface area contributed by atoms with Crippen molar-refractivity contribution in [2.24, 2.45) is 33.9 Å². The van der Waals surface area contributed by atoms with Crippen LogP contribution in [0.4, 0.5) is 0 Å². The summed E-state index contributed by atoms with van der Waals surface area (Å²) in [6.45, 7) is 0. The zero-order valence-electron chi connectivity index (χ0n) is 14.1. The molecule has 4 atom stereocenters. The molecule has 0 heterocycles. The highest BCUT2D eigenvalue weighted by Gasteiger charge is 2.37. The number of rotatable bonds is 5. The number of amides is 2. The molecule has 0 aromatic heterocycles. The van der Waals surface area contributed by atoms with Crippen LogP contribution in [0.15, 0.2) is 10.2 Å². The first-order valence-corrected chi connectivity index (χ1v) is 9.38. The summed E-state index contributed by atoms with van der Waals surface area (Å²) < 4.78 is 0. The molecule has 0 unspecified atom stereocenters. The molecule has 0 aromatic rings. The number of hydrogen-bond acceptors (Lipinski definition) is 4. The molecule has 4 fully saturated rings. The van der Waals surface area contributed by atoms with Crippen LogP contribution in [0.3, 0.4) is 0 Å². The highest BCUT2D eigenvalue weighted by Crippen LogP contribution is 2.43. The standard InChI is InChI=1S/C18H26N4O2/c23-17(21-19-15-9-11-1-3-13(15)7-11)5-6-18(24)22-20-16-10-12-2-4-14(16)8-12/h11-14H,1-10H2,(H,21,23)(H,22,24)/b19-15-,20-16-/t11-,12+,13-,14-/m0/s1. The number of nitrogens with one attached hydrogen (secondary N) is 2. The van der Waals surface area contributed by atoms with Gasteiger partial charge >= 0.3 is 0 Å². The maximum atomic E-state index is 11.8. The molecule has 24 heavy (non-hydrogen) atoms. The SMILES string of the molecule is O=C(CCC(=O)N/N=C1/C[C@@H]2CC[C@H]1C2)N/N=C1/C[C@H]2CC[C@H]1C2. The lowest BCUT2D eigenvalue weighted by Gasteiger charge is -2.12. The summed E-state index contributed by atoms with van der Waals surface area (Å²) in [6, 6.07) is 0. The number of hydrazone groups is 2. The van der Waals surface area contributed by atoms with Gasteiger partial charge in [0.25, 0.3) is 0 Å². The molecule has 130 valence electrons. The fourth-order valence-electron chi connectivity index (χ4n) is 4.93. The van der Waals surface area contributed by atoms with E-state index in [1.807, 2.05) is 0 Å². The minimum atomic E-state index is -0.187. The van der Waals surface area contributed by atoms with Crippen molar-refractivity contribution in [3.05, 3.63) is 0 Å². The monoisotopic (exact) mass is 330 g/mol. The molecular formula is C18H26N4O2. The summed E-state index contributed by atoms with van der Waals surface area (Å²) in [5, 5.41) is 8.55. The maximum absolute atomic E-state index is 11.8. The van der Waals surface area contributed by atoms with Crippen LogP contribution in [-0.4, -0.2) is 23.2 Å². The van der Waals surface area contributed by atoms with Crippen LogP contribution < -0.4 is 10.9 Å². The van der Waals surface area contributed by atoms with E-state index >= 15 is 0 Å². The third kappa shape index (κ3) is 3.37. The Morgan fingerprint density at radius 3 is 1.58 bits per heavy atom. The molecule has 4 rings (SSSR count). The number of fused-ring (bicyclic) bond motifs is 4. The van der Waals surface area contributed by atoms with Gasteiger partial charge in [0.15, 0.2) is 0 Å². The molecule has 0 radical (unpaired) electrons. The van der Waals surface area contributed by atoms with E-state index in [2.05, 4.69) is 21.1 Å². The topological polar surface area (TPSA) is 82.9 Å². The van der Waals surface area contributed by atoms with E-state index < -0.39 is 0 Å². The zero-order chi connectivity index (χ0) is 16.5. The van der Waals surface area contributed by atoms with E-state index in [1.165, 1.54) is 38.5 Å². The first kappa shape index (κ1) is 15.8. The Hall–Kier alpha value is -1.72. The number of carbonyl (C=O) groups is 2. The van der Waals surface area contributed by atoms with E-state index in [1.54, 1.807) is 0 Å². The van der Waals surface area contributed by atoms with Crippen LogP contribution >= 0.6 is 0 Å². The highest BCUT2D eigenvalue weighted by atomic mass is 16.2. The Morgan fingerprint density at radius 1 is 0.792 bits per heavy atom. The van der Waals surface area contributed by atoms with Gasteiger partial charge in [0.1, 0.15) is 0 Å². The van der Waals surface area contributed by atoms with Gasteiger partial charge in [0, 0.05) is 24.3 Å². The number of carbonyl (C=O) groups excluding carboxylic acids is 2. The van der Waals surface area contributed by atoms with Crippen molar-refractivity contribution >= 4 is 23.2 Å². The molecule has 6 nitrogen and oxygen atoms in total. The summed E-state index contributed by atoms with van der Waals surface area (Å²) in [5.74, 6) is 2.34. The predicted octanol–water partition coefficient (Wildman–Crippen LogP) is 2.35. The fourth-order valence-corrected chi connectivity index (χ4v) is 4.93. The van der Waals surface area contributed by atoms with E-state index in [9.17, 15) is 9.59 Å². The molecule has 4 saturated carbocycles. The number of nitrogens with zero attached hydrogens (tertiary/aromatic N) is 2. The van der Waals surface area contributed by atoms with Crippen molar-refractivity contribution in [3.63, 3.8) is 0 Å². The largest absolute Gasteiger partial charge is 0.273 e. The molecule has 2 amide bonds. The molecule has 6 heteroatoms. The normalized spacial score (nSPS) is 36.7. The maximum Gasteiger partial charge on any atom is 0.240 e. The summed E-state index contributed by atoms with van der Waals surface area (Å²) >= 11 is 0. The average molecular weight is 330 g/mol. The predicted molar refractivity (Wildman–Crippen MR) is 91.3 cm³/mol. The minimum Gasteiger partial charge on any atom is -0.273 e. The van der Waals surface area contributed by atoms with Crippen LogP contribution in [-0.2, 0) is 9.59 Å². The summed E-state index contributed by atoms with van der Waals surface area (Å²) in [7, 11) is 0. The molecular weight excluding hydrogens is 304 g/mol. The first-order valence-electron chi connectivity index (χ1n) is 9.38. The molecule has 0 aliphatic heterocycles. The lowest BCUT2D eigenvalue weighted by molar-refractivity contribution is -0.126. The Bertz CT molecular complexity index is 546. The van der Waals surface area contributed by atoms with Gasteiger partial charge in [0.2, 0.25) is 11.8 Å². The van der Waals surface area contributed by atoms with Crippen molar-refractivity contribution in [1.29, 1.82) is 0 Å². The van der Waals surface area contributed by atoms with Gasteiger partial charge in [-0.3, -0.25) is 9.59 Å². The van der Waals surface area contributed by atoms with E-state index in [-0.39, 0.29) is 24.7 Å². The summed E-state index contributed by atoms with van der Waals surface area (Å²) in [5.41, 5.74) is 7.52. The second kappa shape index (κ2) is 6.65. The van der Waals surface area contributed by atoms with Crippen LogP contribution in [0.1, 0.15) is 64.2 Å². The molecule has 0 aromatic carbocycles. The second-order valence-electron chi connectivity index (χ2n) is 7.94. The van der Waals surface area contributed by atoms with Crippen molar-refractivity contribution in [1.82, 2.24) is 10.9 Å². The Kier molecular flexibility index (Phi) is 4.37. The average Bonchev–Trinajstić information content (AvgIpc) is 3.36. The van der Waals surface area contributed by atoms with Crippen LogP contribution in [0.2, 0.25) is 0 Å². The van der Waals surface area contributed by atoms with Gasteiger partial charge in [-0.1, -0.05) is 0 Å². The van der Waals surface area contributed by atoms with Gasteiger partial charge in [-0.05, 0) is 75.0 Å². The van der Waals surface area contributed by atoms with E-state index in [0.29, 0.717) is 11.8 Å². The molecule has 0 spiro atoms. The smallest absolute Gasteiger partial charge is 0.240 e. The molecule has 0 saturated heterocycles. The second-order valence-corrected chi connectivity index (χ2v) is 7.94. The highest BCUT2D eigenvalue weighted by molar-refractivity contribution is 5.92. The van der Waals surface area contributed by atoms with Crippen molar-refractivity contribution in [2.75, 3.05) is 0 Å². The third-order valence-corrected chi connectivity index (χ3v) is 6.25. The van der Waals surface area contributed by atoms with Gasteiger partial charge in [-0.25, -0.2) is 10.9 Å². The molecule has 4 aliphatic carbocycles. The third-order valence-electron chi connectivity index (χ3n) is 6.25. The van der Waals surface area contributed by atoms with Crippen LogP contribution in [0, 0.1) is 23.7 Å². The van der Waals surface area contributed by atoms with Crippen LogP contribution in [0.5, 0.6) is 0 Å². The Balaban J connectivity index is 1.17. The lowest BCUT2D eigenvalue weighted by atomic mass is 9.99. The van der Waals surface area contributed by atoms with E-state index in [0.717, 1.165) is 36.1 Å². The quantitative estimate of drug-likeness (QED) is 0.759. The zero-order valence-corrected chi connectivity index (χ0v) is 14.1. The first-order chi connectivity index (χ1) is 11.7. The van der Waals surface area contributed by atoms with Gasteiger partial charge in [-0.15, -0.1) is 0 Å². The van der Waals surface area contributed by atoms with Crippen molar-refractivity contribution in [2.45, 2.75) is 64.2 Å². The minimum absolute atomic E-state index is 0.160. The lowest BCUT2D eigenvalue weighted by Crippen LogP contribution is -2.25. The van der Waals surface area contributed by atoms with Crippen molar-refractivity contribution in [3.8, 4) is 0 Å². The molecule has 2 N–H and O–H groups in total. The fraction of sp³-hybridized carbons (Fsp3) is 0.778. The Labute approximate surface area is 142 Å². The number of hydrogen-bond donors (Lipinski definition) is 2. The van der Waals surface area contributed by atoms with Crippen LogP contribution in [0.25, 0.3) is 0 Å². The molecule has 4 aliphatic rings. The van der Waals surface area contributed by atoms with E-state index in [4.69, 9.17) is 0 Å².